The Kier molecular flexibility index (Phi) is 7.13. The highest BCUT2D eigenvalue weighted by molar-refractivity contribution is 7.87. The summed E-state index contributed by atoms with van der Waals surface area (Å²) >= 11 is 6.88. The van der Waals surface area contributed by atoms with Gasteiger partial charge in [0, 0.05) is 68.2 Å². The third-order valence-electron chi connectivity index (χ3n) is 8.17. The number of amides is 1. The second-order valence-corrected chi connectivity index (χ2v) is 15.1. The molecule has 1 N–H and O–H groups in total. The Labute approximate surface area is 256 Å². The minimum atomic E-state index is -3.94. The van der Waals surface area contributed by atoms with E-state index in [1.807, 2.05) is 53.1 Å². The van der Waals surface area contributed by atoms with Crippen molar-refractivity contribution in [2.75, 3.05) is 19.0 Å². The predicted octanol–water partition coefficient (Wildman–Crippen LogP) is 4.63. The topological polar surface area (TPSA) is 127 Å². The van der Waals surface area contributed by atoms with Crippen LogP contribution in [0.1, 0.15) is 52.1 Å². The summed E-state index contributed by atoms with van der Waals surface area (Å²) in [6.45, 7) is 7.44. The normalized spacial score (nSPS) is 20.9. The van der Waals surface area contributed by atoms with Crippen molar-refractivity contribution in [1.82, 2.24) is 33.3 Å². The van der Waals surface area contributed by atoms with Crippen molar-refractivity contribution in [1.29, 1.82) is 0 Å². The van der Waals surface area contributed by atoms with Crippen LogP contribution in [-0.4, -0.2) is 80.4 Å². The van der Waals surface area contributed by atoms with Gasteiger partial charge in [-0.25, -0.2) is 18.7 Å². The summed E-state index contributed by atoms with van der Waals surface area (Å²) in [7, 11) is 0.856. The number of carbonyl (C=O) groups excluding carboxylic acids is 1. The van der Waals surface area contributed by atoms with Crippen molar-refractivity contribution >= 4 is 55.8 Å². The molecule has 2 bridgehead atoms. The van der Waals surface area contributed by atoms with Crippen molar-refractivity contribution in [3.8, 4) is 11.1 Å². The van der Waals surface area contributed by atoms with E-state index in [2.05, 4.69) is 15.3 Å². The number of benzene rings is 1. The number of fused-ring (bicyclic) bond motifs is 4. The predicted molar refractivity (Wildman–Crippen MR) is 167 cm³/mol. The number of ether oxygens (including phenoxy) is 1. The number of piperidine rings is 1. The average molecular weight is 629 g/mol. The number of aryl methyl sites for hydroxylation is 2. The van der Waals surface area contributed by atoms with E-state index in [0.717, 1.165) is 40.9 Å². The zero-order valence-corrected chi connectivity index (χ0v) is 27.0. The van der Waals surface area contributed by atoms with Gasteiger partial charge in [0.25, 0.3) is 0 Å². The van der Waals surface area contributed by atoms with E-state index in [0.29, 0.717) is 33.2 Å². The van der Waals surface area contributed by atoms with Gasteiger partial charge in [0.2, 0.25) is 0 Å². The van der Waals surface area contributed by atoms with Gasteiger partial charge in [0.05, 0.1) is 16.2 Å². The zero-order valence-electron chi connectivity index (χ0n) is 25.4. The van der Waals surface area contributed by atoms with Crippen LogP contribution in [-0.2, 0) is 22.0 Å². The van der Waals surface area contributed by atoms with Crippen molar-refractivity contribution in [3.05, 3.63) is 35.2 Å². The Morgan fingerprint density at radius 3 is 2.40 bits per heavy atom. The summed E-state index contributed by atoms with van der Waals surface area (Å²) in [4.78, 5) is 24.7. The summed E-state index contributed by atoms with van der Waals surface area (Å²) in [5.41, 5.74) is 2.77. The molecule has 5 heterocycles. The number of halogens is 1. The third kappa shape index (κ3) is 5.21. The highest BCUT2D eigenvalue weighted by Crippen LogP contribution is 2.42. The zero-order chi connectivity index (χ0) is 31.0. The molecular formula is C29H37ClN8O4S. The number of aromatic nitrogens is 5. The van der Waals surface area contributed by atoms with Gasteiger partial charge in [-0.15, -0.1) is 0 Å². The molecule has 43 heavy (non-hydrogen) atoms. The summed E-state index contributed by atoms with van der Waals surface area (Å²) in [6, 6.07) is 3.93. The fourth-order valence-electron chi connectivity index (χ4n) is 6.37. The van der Waals surface area contributed by atoms with E-state index < -0.39 is 21.9 Å². The molecule has 2 saturated heterocycles. The van der Waals surface area contributed by atoms with E-state index in [9.17, 15) is 13.2 Å². The Hall–Kier alpha value is -3.42. The van der Waals surface area contributed by atoms with Crippen LogP contribution in [0.2, 0.25) is 5.02 Å². The van der Waals surface area contributed by atoms with Crippen LogP contribution in [0.25, 0.3) is 33.2 Å². The molecule has 14 heteroatoms. The number of hydrogen-bond acceptors (Lipinski definition) is 8. The molecule has 0 unspecified atom stereocenters. The number of nitrogens with one attached hydrogen (secondary N) is 1. The van der Waals surface area contributed by atoms with Crippen LogP contribution in [0, 0.1) is 6.92 Å². The van der Waals surface area contributed by atoms with Crippen molar-refractivity contribution in [2.45, 2.75) is 77.1 Å². The average Bonchev–Trinajstić information content (AvgIpc) is 3.54. The van der Waals surface area contributed by atoms with Gasteiger partial charge in [-0.2, -0.15) is 17.8 Å². The molecule has 1 aromatic carbocycles. The van der Waals surface area contributed by atoms with Gasteiger partial charge in [0.15, 0.2) is 11.5 Å². The number of alkyl carbamates (subject to hydrolysis) is 1. The lowest BCUT2D eigenvalue weighted by Crippen LogP contribution is -2.51. The van der Waals surface area contributed by atoms with Crippen LogP contribution in [0.4, 0.5) is 10.6 Å². The molecule has 0 spiro atoms. The van der Waals surface area contributed by atoms with Gasteiger partial charge in [-0.05, 0) is 59.4 Å². The third-order valence-corrected chi connectivity index (χ3v) is 10.3. The molecule has 1 amide bonds. The minimum Gasteiger partial charge on any atom is -0.444 e. The summed E-state index contributed by atoms with van der Waals surface area (Å²) in [5, 5.41) is 8.71. The highest BCUT2D eigenvalue weighted by Gasteiger charge is 2.43. The van der Waals surface area contributed by atoms with Crippen LogP contribution in [0.5, 0.6) is 0 Å². The maximum absolute atomic E-state index is 13.6. The molecule has 2 aliphatic heterocycles. The number of anilines is 1. The highest BCUT2D eigenvalue weighted by atomic mass is 35.5. The second kappa shape index (κ2) is 10.3. The maximum Gasteiger partial charge on any atom is 0.407 e. The smallest absolute Gasteiger partial charge is 0.407 e. The Morgan fingerprint density at radius 1 is 1.09 bits per heavy atom. The fraction of sp³-hybridized carbons (Fsp3) is 0.517. The first-order valence-electron chi connectivity index (χ1n) is 14.4. The second-order valence-electron chi connectivity index (χ2n) is 12.7. The minimum absolute atomic E-state index is 0.0188. The van der Waals surface area contributed by atoms with Gasteiger partial charge in [0.1, 0.15) is 11.1 Å². The van der Waals surface area contributed by atoms with Crippen molar-refractivity contribution in [2.24, 2.45) is 7.05 Å². The van der Waals surface area contributed by atoms with Crippen molar-refractivity contribution < 1.29 is 17.9 Å². The summed E-state index contributed by atoms with van der Waals surface area (Å²) in [6.07, 6.45) is 6.33. The molecule has 6 rings (SSSR count). The Bertz CT molecular complexity index is 1850. The lowest BCUT2D eigenvalue weighted by Gasteiger charge is -2.40. The van der Waals surface area contributed by atoms with E-state index in [4.69, 9.17) is 26.3 Å². The molecule has 4 aromatic rings. The lowest BCUT2D eigenvalue weighted by atomic mass is 9.97. The summed E-state index contributed by atoms with van der Waals surface area (Å²) in [5.74, 6) is 0.657. The Balaban J connectivity index is 1.42. The van der Waals surface area contributed by atoms with Crippen molar-refractivity contribution in [3.63, 3.8) is 0 Å². The number of hydrogen-bond donors (Lipinski definition) is 1. The molecule has 3 atom stereocenters. The largest absolute Gasteiger partial charge is 0.444 e. The van der Waals surface area contributed by atoms with Crippen LogP contribution in [0.3, 0.4) is 0 Å². The van der Waals surface area contributed by atoms with Gasteiger partial charge in [-0.1, -0.05) is 17.7 Å². The molecule has 2 aliphatic rings. The molecule has 3 aromatic heterocycles. The van der Waals surface area contributed by atoms with Gasteiger partial charge < -0.3 is 15.0 Å². The first-order chi connectivity index (χ1) is 20.1. The quantitative estimate of drug-likeness (QED) is 0.339. The standard InChI is InChI=1S/C29H37ClN8O4S/c1-16-26(38-18-8-9-19(38)13-17(12-18)32-28(39)42-29(2,3)4)33-27-25(31-16)21(15-37(27)43(40,41)35(5)6)20-10-11-23-22(24(20)30)14-36(7)34-23/h10-11,14-15,17-19H,8-9,12-13H2,1-7H3,(H,32,39)/t17-,18-,19+. The monoisotopic (exact) mass is 628 g/mol. The van der Waals surface area contributed by atoms with Crippen LogP contribution >= 0.6 is 11.6 Å². The first-order valence-corrected chi connectivity index (χ1v) is 16.1. The SMILES string of the molecule is Cc1nc2c(-c3ccc4nn(C)cc4c3Cl)cn(S(=O)(=O)N(C)C)c2nc1N1[C@@H]2CC[C@H]1C[C@H](NC(=O)OC(C)(C)C)C2. The molecule has 0 saturated carbocycles. The first kappa shape index (κ1) is 29.6. The molecule has 0 radical (unpaired) electrons. The number of rotatable bonds is 5. The molecular weight excluding hydrogens is 592 g/mol. The lowest BCUT2D eigenvalue weighted by molar-refractivity contribution is 0.0492. The van der Waals surface area contributed by atoms with Crippen LogP contribution in [0.15, 0.2) is 24.5 Å². The fourth-order valence-corrected chi connectivity index (χ4v) is 7.62. The van der Waals surface area contributed by atoms with Gasteiger partial charge >= 0.3 is 16.3 Å². The molecule has 0 aliphatic carbocycles. The van der Waals surface area contributed by atoms with E-state index in [1.54, 1.807) is 10.9 Å². The van der Waals surface area contributed by atoms with Gasteiger partial charge in [-0.3, -0.25) is 4.68 Å². The van der Waals surface area contributed by atoms with Crippen LogP contribution < -0.4 is 10.2 Å². The van der Waals surface area contributed by atoms with E-state index in [1.165, 1.54) is 18.1 Å². The maximum atomic E-state index is 13.6. The molecule has 2 fully saturated rings. The molecule has 12 nitrogen and oxygen atoms in total. The van der Waals surface area contributed by atoms with E-state index >= 15 is 0 Å². The number of nitrogens with zero attached hydrogens (tertiary/aromatic N) is 7. The van der Waals surface area contributed by atoms with E-state index in [-0.39, 0.29) is 23.8 Å². The number of carbonyl (C=O) groups is 1. The summed E-state index contributed by atoms with van der Waals surface area (Å²) < 4.78 is 36.6. The molecule has 230 valence electrons. The Morgan fingerprint density at radius 2 is 1.77 bits per heavy atom.